The van der Waals surface area contributed by atoms with Gasteiger partial charge in [-0.05, 0) is 66.0 Å². The number of carbonyl (C=O) groups excluding carboxylic acids is 1. The van der Waals surface area contributed by atoms with Crippen molar-refractivity contribution in [2.75, 3.05) is 26.7 Å². The van der Waals surface area contributed by atoms with E-state index in [9.17, 15) is 9.90 Å². The zero-order valence-corrected chi connectivity index (χ0v) is 17.7. The molecule has 6 heteroatoms. The van der Waals surface area contributed by atoms with Crippen LogP contribution in [0.4, 0.5) is 0 Å². The van der Waals surface area contributed by atoms with Gasteiger partial charge < -0.3 is 14.6 Å². The second kappa shape index (κ2) is 7.08. The van der Waals surface area contributed by atoms with Gasteiger partial charge in [0.05, 0.1) is 16.0 Å². The third-order valence-corrected chi connectivity index (χ3v) is 7.03. The van der Waals surface area contributed by atoms with Gasteiger partial charge in [-0.25, -0.2) is 0 Å². The normalized spacial score (nSPS) is 21.9. The van der Waals surface area contributed by atoms with Crippen LogP contribution in [0, 0.1) is 5.92 Å². The zero-order valence-electron chi connectivity index (χ0n) is 16.1. The molecule has 2 heterocycles. The summed E-state index contributed by atoms with van der Waals surface area (Å²) >= 11 is 3.70. The summed E-state index contributed by atoms with van der Waals surface area (Å²) in [5.41, 5.74) is 4.72. The van der Waals surface area contributed by atoms with Gasteiger partial charge in [-0.2, -0.15) is 0 Å². The standard InChI is InChI=1S/C21H26BrN3O2/c1-4-24(5-2)21(27)13-9-15-14-7-6-8-17-19(14)16(20(22)25(17)12-26)10-18(15)23(3)11-13/h6-9,13,18,26H,4-5,10-12H2,1-3H3. The molecule has 0 radical (unpaired) electrons. The molecule has 2 unspecified atom stereocenters. The minimum absolute atomic E-state index is 0.0524. The first-order valence-electron chi connectivity index (χ1n) is 9.63. The van der Waals surface area contributed by atoms with Crippen LogP contribution in [0.1, 0.15) is 25.0 Å². The van der Waals surface area contributed by atoms with Crippen LogP contribution in [0.25, 0.3) is 16.5 Å². The summed E-state index contributed by atoms with van der Waals surface area (Å²) in [5, 5.41) is 11.0. The van der Waals surface area contributed by atoms with E-state index in [0.29, 0.717) is 0 Å². The lowest BCUT2D eigenvalue weighted by atomic mass is 9.79. The number of halogens is 1. The van der Waals surface area contributed by atoms with Crippen molar-refractivity contribution in [3.8, 4) is 0 Å². The van der Waals surface area contributed by atoms with Gasteiger partial charge in [0.2, 0.25) is 5.91 Å². The Kier molecular flexibility index (Phi) is 4.91. The fraction of sp³-hybridized carbons (Fsp3) is 0.476. The lowest BCUT2D eigenvalue weighted by Crippen LogP contribution is -2.47. The molecule has 2 aromatic rings. The number of fused-ring (bicyclic) bond motifs is 2. The average Bonchev–Trinajstić information content (AvgIpc) is 2.95. The average molecular weight is 432 g/mol. The minimum Gasteiger partial charge on any atom is -0.376 e. The highest BCUT2D eigenvalue weighted by Crippen LogP contribution is 2.44. The molecule has 0 spiro atoms. The van der Waals surface area contributed by atoms with Crippen LogP contribution in [0.3, 0.4) is 0 Å². The van der Waals surface area contributed by atoms with Crippen molar-refractivity contribution in [1.82, 2.24) is 14.4 Å². The number of amides is 1. The maximum Gasteiger partial charge on any atom is 0.230 e. The first-order valence-corrected chi connectivity index (χ1v) is 10.4. The molecule has 1 amide bonds. The Morgan fingerprint density at radius 2 is 2.07 bits per heavy atom. The summed E-state index contributed by atoms with van der Waals surface area (Å²) in [6.07, 6.45) is 3.09. The van der Waals surface area contributed by atoms with Crippen LogP contribution in [0.2, 0.25) is 0 Å². The molecule has 1 aromatic heterocycles. The van der Waals surface area contributed by atoms with Crippen LogP contribution in [-0.2, 0) is 17.9 Å². The van der Waals surface area contributed by atoms with Gasteiger partial charge in [-0.3, -0.25) is 9.69 Å². The highest BCUT2D eigenvalue weighted by atomic mass is 79.9. The van der Waals surface area contributed by atoms with E-state index in [1.807, 2.05) is 29.4 Å². The third-order valence-electron chi connectivity index (χ3n) is 6.12. The summed E-state index contributed by atoms with van der Waals surface area (Å²) in [5.74, 6) is 0.103. The molecule has 0 bridgehead atoms. The van der Waals surface area contributed by atoms with E-state index in [4.69, 9.17) is 0 Å². The molecule has 27 heavy (non-hydrogen) atoms. The molecule has 1 aliphatic carbocycles. The molecule has 0 saturated carbocycles. The third kappa shape index (κ3) is 2.77. The molecule has 4 rings (SSSR count). The molecule has 1 aromatic carbocycles. The molecular weight excluding hydrogens is 406 g/mol. The van der Waals surface area contributed by atoms with Gasteiger partial charge >= 0.3 is 0 Å². The molecule has 0 fully saturated rings. The number of aliphatic hydroxyl groups excluding tert-OH is 1. The second-order valence-corrected chi connectivity index (χ2v) is 8.19. The Balaban J connectivity index is 1.86. The minimum atomic E-state index is -0.110. The van der Waals surface area contributed by atoms with Crippen LogP contribution < -0.4 is 0 Å². The Hall–Kier alpha value is -1.63. The second-order valence-electron chi connectivity index (χ2n) is 7.44. The largest absolute Gasteiger partial charge is 0.376 e. The Morgan fingerprint density at radius 3 is 2.74 bits per heavy atom. The molecule has 144 valence electrons. The van der Waals surface area contributed by atoms with Crippen molar-refractivity contribution < 1.29 is 9.90 Å². The highest BCUT2D eigenvalue weighted by molar-refractivity contribution is 9.10. The molecule has 2 aliphatic rings. The van der Waals surface area contributed by atoms with Crippen molar-refractivity contribution in [3.63, 3.8) is 0 Å². The number of aliphatic hydroxyl groups is 1. The lowest BCUT2D eigenvalue weighted by molar-refractivity contribution is -0.134. The predicted octanol–water partition coefficient (Wildman–Crippen LogP) is 3.09. The van der Waals surface area contributed by atoms with Gasteiger partial charge in [0.15, 0.2) is 0 Å². The number of benzene rings is 1. The smallest absolute Gasteiger partial charge is 0.230 e. The van der Waals surface area contributed by atoms with Crippen molar-refractivity contribution in [3.05, 3.63) is 40.0 Å². The predicted molar refractivity (Wildman–Crippen MR) is 111 cm³/mol. The van der Waals surface area contributed by atoms with E-state index < -0.39 is 0 Å². The topological polar surface area (TPSA) is 48.7 Å². The Morgan fingerprint density at radius 1 is 1.33 bits per heavy atom. The van der Waals surface area contributed by atoms with Gasteiger partial charge in [-0.1, -0.05) is 18.2 Å². The SMILES string of the molecule is CCN(CC)C(=O)C1C=C2c3cccc4c3c(c(Br)n4CO)CC2N(C)C1. The van der Waals surface area contributed by atoms with Crippen molar-refractivity contribution in [2.24, 2.45) is 5.92 Å². The zero-order chi connectivity index (χ0) is 19.3. The van der Waals surface area contributed by atoms with Gasteiger partial charge in [0.25, 0.3) is 0 Å². The number of hydrogen-bond donors (Lipinski definition) is 1. The number of rotatable bonds is 4. The fourth-order valence-electron chi connectivity index (χ4n) is 4.72. The molecular formula is C21H26BrN3O2. The molecule has 1 N–H and O–H groups in total. The molecule has 1 aliphatic heterocycles. The summed E-state index contributed by atoms with van der Waals surface area (Å²) < 4.78 is 2.87. The van der Waals surface area contributed by atoms with E-state index in [1.165, 1.54) is 22.1 Å². The summed E-state index contributed by atoms with van der Waals surface area (Å²) in [7, 11) is 2.11. The van der Waals surface area contributed by atoms with Crippen LogP contribution in [-0.4, -0.2) is 58.1 Å². The number of likely N-dealkylation sites (N-methyl/N-ethyl adjacent to an activating group) is 1. The summed E-state index contributed by atoms with van der Waals surface area (Å²) in [4.78, 5) is 17.2. The number of carbonyl (C=O) groups is 1. The summed E-state index contributed by atoms with van der Waals surface area (Å²) in [6.45, 7) is 6.25. The number of nitrogens with zero attached hydrogens (tertiary/aromatic N) is 3. The number of hydrogen-bond acceptors (Lipinski definition) is 3. The van der Waals surface area contributed by atoms with Crippen molar-refractivity contribution in [2.45, 2.75) is 33.0 Å². The maximum atomic E-state index is 13.0. The number of aromatic nitrogens is 1. The van der Waals surface area contributed by atoms with E-state index in [0.717, 1.165) is 36.2 Å². The quantitative estimate of drug-likeness (QED) is 0.808. The van der Waals surface area contributed by atoms with Crippen LogP contribution in [0.5, 0.6) is 0 Å². The van der Waals surface area contributed by atoms with Gasteiger partial charge in [-0.15, -0.1) is 0 Å². The highest BCUT2D eigenvalue weighted by Gasteiger charge is 2.37. The van der Waals surface area contributed by atoms with E-state index >= 15 is 0 Å². The van der Waals surface area contributed by atoms with Crippen LogP contribution in [0.15, 0.2) is 28.9 Å². The monoisotopic (exact) mass is 431 g/mol. The molecule has 0 saturated heterocycles. The molecule has 2 atom stereocenters. The van der Waals surface area contributed by atoms with Gasteiger partial charge in [0, 0.05) is 31.1 Å². The van der Waals surface area contributed by atoms with E-state index in [2.05, 4.69) is 46.1 Å². The lowest BCUT2D eigenvalue weighted by Gasteiger charge is -2.40. The van der Waals surface area contributed by atoms with Crippen molar-refractivity contribution in [1.29, 1.82) is 0 Å². The first-order chi connectivity index (χ1) is 13.0. The maximum absolute atomic E-state index is 13.0. The Labute approximate surface area is 168 Å². The van der Waals surface area contributed by atoms with Crippen LogP contribution >= 0.6 is 15.9 Å². The van der Waals surface area contributed by atoms with Gasteiger partial charge in [0.1, 0.15) is 6.73 Å². The molecule has 5 nitrogen and oxygen atoms in total. The Bertz CT molecular complexity index is 929. The fourth-order valence-corrected chi connectivity index (χ4v) is 5.39. The summed E-state index contributed by atoms with van der Waals surface area (Å²) in [6, 6.07) is 6.50. The van der Waals surface area contributed by atoms with Crippen molar-refractivity contribution >= 4 is 38.3 Å². The van der Waals surface area contributed by atoms with E-state index in [-0.39, 0.29) is 24.6 Å². The van der Waals surface area contributed by atoms with E-state index in [1.54, 1.807) is 0 Å². The first kappa shape index (κ1) is 18.7.